The van der Waals surface area contributed by atoms with Gasteiger partial charge >= 0.3 is 6.16 Å². The normalized spacial score (nSPS) is 10.1. The van der Waals surface area contributed by atoms with Crippen molar-refractivity contribution in [1.29, 1.82) is 0 Å². The van der Waals surface area contributed by atoms with E-state index in [0.29, 0.717) is 5.88 Å². The fourth-order valence-electron chi connectivity index (χ4n) is 1.49. The summed E-state index contributed by atoms with van der Waals surface area (Å²) in [5.74, 6) is 0.522. The van der Waals surface area contributed by atoms with Crippen LogP contribution < -0.4 is 4.74 Å². The smallest absolute Gasteiger partial charge is 0.508 e. The van der Waals surface area contributed by atoms with Crippen molar-refractivity contribution in [3.63, 3.8) is 0 Å². The van der Waals surface area contributed by atoms with E-state index in [1.165, 1.54) is 0 Å². The van der Waals surface area contributed by atoms with Crippen molar-refractivity contribution < 1.29 is 19.4 Å². The maximum atomic E-state index is 11.1. The lowest BCUT2D eigenvalue weighted by Gasteiger charge is -2.00. The number of H-pyrrole nitrogens is 1. The summed E-state index contributed by atoms with van der Waals surface area (Å²) in [5, 5.41) is 9.19. The average molecular weight is 247 g/mol. The molecule has 0 saturated heterocycles. The third kappa shape index (κ3) is 2.82. The molecule has 0 aliphatic carbocycles. The lowest BCUT2D eigenvalue weighted by atomic mass is 10.1. The van der Waals surface area contributed by atoms with Crippen LogP contribution in [0.4, 0.5) is 4.79 Å². The van der Waals surface area contributed by atoms with Gasteiger partial charge in [0, 0.05) is 17.8 Å². The molecule has 18 heavy (non-hydrogen) atoms. The van der Waals surface area contributed by atoms with E-state index in [1.807, 2.05) is 0 Å². The highest BCUT2D eigenvalue weighted by Gasteiger charge is 2.08. The summed E-state index contributed by atoms with van der Waals surface area (Å²) in [5.41, 5.74) is 1.76. The number of carbonyl (C=O) groups excluding carboxylic acids is 1. The molecule has 2 N–H and O–H groups in total. The Bertz CT molecular complexity index is 530. The molecular weight excluding hydrogens is 234 g/mol. The van der Waals surface area contributed by atoms with E-state index >= 15 is 0 Å². The molecule has 5 nitrogen and oxygen atoms in total. The van der Waals surface area contributed by atoms with Crippen LogP contribution in [0.1, 0.15) is 6.92 Å². The SMILES string of the molecule is CCOC(=O)Oc1cc(-c2ccc(O)cc2)c[nH]1. The van der Waals surface area contributed by atoms with Crippen LogP contribution in [-0.2, 0) is 4.74 Å². The first-order valence-corrected chi connectivity index (χ1v) is 5.51. The monoisotopic (exact) mass is 247 g/mol. The zero-order valence-electron chi connectivity index (χ0n) is 9.84. The van der Waals surface area contributed by atoms with Crippen LogP contribution in [0.5, 0.6) is 11.6 Å². The van der Waals surface area contributed by atoms with Crippen LogP contribution in [0.15, 0.2) is 36.5 Å². The van der Waals surface area contributed by atoms with E-state index < -0.39 is 6.16 Å². The maximum absolute atomic E-state index is 11.1. The molecule has 1 aromatic heterocycles. The number of aromatic hydroxyl groups is 1. The molecule has 0 radical (unpaired) electrons. The van der Waals surface area contributed by atoms with Crippen molar-refractivity contribution in [3.8, 4) is 22.8 Å². The number of benzene rings is 1. The van der Waals surface area contributed by atoms with Crippen LogP contribution in [0.3, 0.4) is 0 Å². The van der Waals surface area contributed by atoms with Gasteiger partial charge in [-0.15, -0.1) is 0 Å². The van der Waals surface area contributed by atoms with Crippen LogP contribution in [-0.4, -0.2) is 22.9 Å². The number of hydrogen-bond donors (Lipinski definition) is 2. The quantitative estimate of drug-likeness (QED) is 0.818. The molecule has 0 atom stereocenters. The minimum Gasteiger partial charge on any atom is -0.508 e. The van der Waals surface area contributed by atoms with Gasteiger partial charge in [0.05, 0.1) is 6.61 Å². The second-order valence-electron chi connectivity index (χ2n) is 3.58. The first-order valence-electron chi connectivity index (χ1n) is 5.51. The van der Waals surface area contributed by atoms with Gasteiger partial charge < -0.3 is 19.6 Å². The molecule has 1 heterocycles. The Labute approximate surface area is 104 Å². The number of rotatable bonds is 3. The molecule has 0 saturated carbocycles. The Kier molecular flexibility index (Phi) is 3.52. The van der Waals surface area contributed by atoms with E-state index in [-0.39, 0.29) is 12.4 Å². The van der Waals surface area contributed by atoms with Crippen molar-refractivity contribution in [2.75, 3.05) is 6.61 Å². The molecule has 1 aromatic carbocycles. The molecule has 5 heteroatoms. The summed E-state index contributed by atoms with van der Waals surface area (Å²) < 4.78 is 9.58. The van der Waals surface area contributed by atoms with Gasteiger partial charge in [0.15, 0.2) is 0 Å². The number of phenolic OH excluding ortho intramolecular Hbond substituents is 1. The summed E-state index contributed by atoms with van der Waals surface area (Å²) in [6.07, 6.45) is 0.970. The summed E-state index contributed by atoms with van der Waals surface area (Å²) in [6.45, 7) is 1.97. The average Bonchev–Trinajstić information content (AvgIpc) is 2.78. The van der Waals surface area contributed by atoms with Crippen LogP contribution in [0.25, 0.3) is 11.1 Å². The van der Waals surface area contributed by atoms with E-state index in [2.05, 4.69) is 9.72 Å². The van der Waals surface area contributed by atoms with Crippen molar-refractivity contribution >= 4 is 6.16 Å². The highest BCUT2D eigenvalue weighted by atomic mass is 16.7. The topological polar surface area (TPSA) is 71.6 Å². The summed E-state index contributed by atoms with van der Waals surface area (Å²) in [7, 11) is 0. The van der Waals surface area contributed by atoms with Crippen molar-refractivity contribution in [2.45, 2.75) is 6.92 Å². The Balaban J connectivity index is 2.10. The molecule has 0 fully saturated rings. The summed E-state index contributed by atoms with van der Waals surface area (Å²) in [6, 6.07) is 8.41. The fourth-order valence-corrected chi connectivity index (χ4v) is 1.49. The summed E-state index contributed by atoms with van der Waals surface area (Å²) >= 11 is 0. The van der Waals surface area contributed by atoms with Crippen LogP contribution >= 0.6 is 0 Å². The predicted molar refractivity (Wildman–Crippen MR) is 65.5 cm³/mol. The predicted octanol–water partition coefficient (Wildman–Crippen LogP) is 2.92. The number of phenols is 1. The first kappa shape index (κ1) is 12.0. The highest BCUT2D eigenvalue weighted by Crippen LogP contribution is 2.25. The van der Waals surface area contributed by atoms with Crippen molar-refractivity contribution in [3.05, 3.63) is 36.5 Å². The number of ether oxygens (including phenoxy) is 2. The van der Waals surface area contributed by atoms with Gasteiger partial charge in [0.2, 0.25) is 5.88 Å². The van der Waals surface area contributed by atoms with Gasteiger partial charge in [0.25, 0.3) is 0 Å². The minimum atomic E-state index is -0.739. The molecule has 0 aliphatic rings. The van der Waals surface area contributed by atoms with Crippen molar-refractivity contribution in [2.24, 2.45) is 0 Å². The van der Waals surface area contributed by atoms with E-state index in [0.717, 1.165) is 11.1 Å². The van der Waals surface area contributed by atoms with Gasteiger partial charge in [0.1, 0.15) is 5.75 Å². The molecule has 2 aromatic rings. The van der Waals surface area contributed by atoms with Crippen LogP contribution in [0, 0.1) is 0 Å². The van der Waals surface area contributed by atoms with Crippen LogP contribution in [0.2, 0.25) is 0 Å². The molecule has 2 rings (SSSR count). The standard InChI is InChI=1S/C13H13NO4/c1-2-17-13(16)18-12-7-10(8-14-12)9-3-5-11(15)6-4-9/h3-8,14-15H,2H2,1H3. The van der Waals surface area contributed by atoms with E-state index in [9.17, 15) is 9.90 Å². The Morgan fingerprint density at radius 3 is 2.67 bits per heavy atom. The van der Waals surface area contributed by atoms with Gasteiger partial charge in [-0.25, -0.2) is 4.79 Å². The zero-order chi connectivity index (χ0) is 13.0. The van der Waals surface area contributed by atoms with E-state index in [4.69, 9.17) is 4.74 Å². The Morgan fingerprint density at radius 2 is 2.00 bits per heavy atom. The molecular formula is C13H13NO4. The number of hydrogen-bond acceptors (Lipinski definition) is 4. The second kappa shape index (κ2) is 5.27. The lowest BCUT2D eigenvalue weighted by Crippen LogP contribution is -2.09. The number of aromatic nitrogens is 1. The van der Waals surface area contributed by atoms with E-state index in [1.54, 1.807) is 43.5 Å². The molecule has 0 bridgehead atoms. The molecule has 0 spiro atoms. The molecule has 0 amide bonds. The van der Waals surface area contributed by atoms with Gasteiger partial charge in [-0.3, -0.25) is 0 Å². The van der Waals surface area contributed by atoms with Crippen molar-refractivity contribution in [1.82, 2.24) is 4.98 Å². The van der Waals surface area contributed by atoms with Gasteiger partial charge in [-0.05, 0) is 24.6 Å². The Hall–Kier alpha value is -2.43. The third-order valence-corrected chi connectivity index (χ3v) is 2.31. The number of carbonyl (C=O) groups is 1. The van der Waals surface area contributed by atoms with Gasteiger partial charge in [-0.2, -0.15) is 0 Å². The highest BCUT2D eigenvalue weighted by molar-refractivity contribution is 5.68. The number of aromatic amines is 1. The minimum absolute atomic E-state index is 0.206. The lowest BCUT2D eigenvalue weighted by molar-refractivity contribution is 0.103. The molecule has 0 unspecified atom stereocenters. The number of nitrogens with one attached hydrogen (secondary N) is 1. The maximum Gasteiger partial charge on any atom is 0.515 e. The molecule has 94 valence electrons. The Morgan fingerprint density at radius 1 is 1.28 bits per heavy atom. The molecule has 0 aliphatic heterocycles. The second-order valence-corrected chi connectivity index (χ2v) is 3.58. The summed E-state index contributed by atoms with van der Waals surface area (Å²) in [4.78, 5) is 13.9. The first-order chi connectivity index (χ1) is 8.69. The fraction of sp³-hybridized carbons (Fsp3) is 0.154. The zero-order valence-corrected chi connectivity index (χ0v) is 9.84. The third-order valence-electron chi connectivity index (χ3n) is 2.31. The van der Waals surface area contributed by atoms with Gasteiger partial charge in [-0.1, -0.05) is 12.1 Å². The largest absolute Gasteiger partial charge is 0.515 e.